The number of carbonyl (C=O) groups excluding carboxylic acids is 2. The number of nitrogens with one attached hydrogen (secondary N) is 1. The molecule has 0 atom stereocenters. The van der Waals surface area contributed by atoms with Crippen LogP contribution in [0.15, 0.2) is 54.6 Å². The summed E-state index contributed by atoms with van der Waals surface area (Å²) in [6, 6.07) is 13.9. The van der Waals surface area contributed by atoms with E-state index in [1.165, 1.54) is 16.8 Å². The smallest absolute Gasteiger partial charge is 0.452 e. The van der Waals surface area contributed by atoms with E-state index in [9.17, 15) is 22.8 Å². The van der Waals surface area contributed by atoms with Crippen molar-refractivity contribution in [3.05, 3.63) is 76.6 Å². The van der Waals surface area contributed by atoms with Crippen molar-refractivity contribution >= 4 is 29.2 Å². The van der Waals surface area contributed by atoms with Gasteiger partial charge in [-0.1, -0.05) is 41.9 Å². The molecule has 1 aromatic heterocycles. The molecule has 1 N–H and O–H groups in total. The molecule has 7 nitrogen and oxygen atoms in total. The average Bonchev–Trinajstić information content (AvgIpc) is 3.00. The molecule has 1 amide bonds. The second-order valence-corrected chi connectivity index (χ2v) is 6.95. The minimum absolute atomic E-state index is 0.0454. The Bertz CT molecular complexity index is 1100. The molecular formula is C21H17ClF3N3O4. The molecule has 0 aliphatic heterocycles. The first-order valence-electron chi connectivity index (χ1n) is 9.22. The zero-order chi connectivity index (χ0) is 23.3. The third-order valence-electron chi connectivity index (χ3n) is 4.15. The number of carbonyl (C=O) groups is 2. The highest BCUT2D eigenvalue weighted by Crippen LogP contribution is 2.24. The Hall–Kier alpha value is -3.53. The van der Waals surface area contributed by atoms with Crippen LogP contribution in [0.1, 0.15) is 21.6 Å². The Labute approximate surface area is 185 Å². The molecule has 0 aliphatic rings. The van der Waals surface area contributed by atoms with Crippen LogP contribution >= 0.6 is 11.6 Å². The first-order valence-corrected chi connectivity index (χ1v) is 9.60. The molecule has 3 rings (SSSR count). The summed E-state index contributed by atoms with van der Waals surface area (Å²) in [5.74, 6) is -1.94. The largest absolute Gasteiger partial charge is 0.573 e. The number of rotatable bonds is 7. The minimum atomic E-state index is -4.81. The Morgan fingerprint density at radius 2 is 1.75 bits per heavy atom. The van der Waals surface area contributed by atoms with E-state index >= 15 is 0 Å². The van der Waals surface area contributed by atoms with Crippen LogP contribution in [-0.2, 0) is 16.1 Å². The highest BCUT2D eigenvalue weighted by atomic mass is 35.5. The second kappa shape index (κ2) is 9.73. The Kier molecular flexibility index (Phi) is 7.04. The fourth-order valence-electron chi connectivity index (χ4n) is 2.79. The number of hydrogen-bond acceptors (Lipinski definition) is 5. The van der Waals surface area contributed by atoms with E-state index in [2.05, 4.69) is 15.2 Å². The topological polar surface area (TPSA) is 82.5 Å². The van der Waals surface area contributed by atoms with E-state index in [4.69, 9.17) is 16.3 Å². The van der Waals surface area contributed by atoms with Crippen LogP contribution in [0.5, 0.6) is 5.75 Å². The van der Waals surface area contributed by atoms with Crippen molar-refractivity contribution in [2.24, 2.45) is 0 Å². The number of esters is 1. The van der Waals surface area contributed by atoms with Gasteiger partial charge in [0.25, 0.3) is 5.91 Å². The van der Waals surface area contributed by atoms with E-state index in [1.807, 2.05) is 30.3 Å². The SMILES string of the molecule is Cc1nn(Cc2ccccc2)c(Cl)c1C(=O)OCC(=O)Nc1ccc(OC(F)(F)F)cc1. The molecule has 3 aromatic rings. The Morgan fingerprint density at radius 1 is 1.09 bits per heavy atom. The van der Waals surface area contributed by atoms with Crippen LogP contribution in [0.2, 0.25) is 5.15 Å². The van der Waals surface area contributed by atoms with Gasteiger partial charge in [-0.2, -0.15) is 5.10 Å². The monoisotopic (exact) mass is 467 g/mol. The molecule has 0 saturated heterocycles. The first-order chi connectivity index (χ1) is 15.1. The zero-order valence-corrected chi connectivity index (χ0v) is 17.4. The van der Waals surface area contributed by atoms with Crippen molar-refractivity contribution in [1.82, 2.24) is 9.78 Å². The van der Waals surface area contributed by atoms with Gasteiger partial charge >= 0.3 is 12.3 Å². The molecule has 0 aliphatic carbocycles. The van der Waals surface area contributed by atoms with E-state index in [1.54, 1.807) is 6.92 Å². The summed E-state index contributed by atoms with van der Waals surface area (Å²) in [5.41, 5.74) is 1.52. The number of anilines is 1. The van der Waals surface area contributed by atoms with Gasteiger partial charge in [0.1, 0.15) is 16.5 Å². The molecule has 0 bridgehead atoms. The van der Waals surface area contributed by atoms with E-state index < -0.39 is 30.6 Å². The molecule has 168 valence electrons. The lowest BCUT2D eigenvalue weighted by molar-refractivity contribution is -0.274. The number of ether oxygens (including phenoxy) is 2. The number of benzene rings is 2. The molecular weight excluding hydrogens is 451 g/mol. The Morgan fingerprint density at radius 3 is 2.38 bits per heavy atom. The molecule has 11 heteroatoms. The van der Waals surface area contributed by atoms with E-state index in [-0.39, 0.29) is 16.4 Å². The van der Waals surface area contributed by atoms with Gasteiger partial charge in [0.05, 0.1) is 12.2 Å². The van der Waals surface area contributed by atoms with E-state index in [0.717, 1.165) is 17.7 Å². The van der Waals surface area contributed by atoms with Crippen LogP contribution in [0.3, 0.4) is 0 Å². The molecule has 0 saturated carbocycles. The summed E-state index contributed by atoms with van der Waals surface area (Å²) in [6.45, 7) is 1.32. The number of aromatic nitrogens is 2. The lowest BCUT2D eigenvalue weighted by Crippen LogP contribution is -2.21. The van der Waals surface area contributed by atoms with Gasteiger partial charge in [0.2, 0.25) is 0 Å². The third-order valence-corrected chi connectivity index (χ3v) is 4.53. The molecule has 1 heterocycles. The van der Waals surface area contributed by atoms with Crippen molar-refractivity contribution < 1.29 is 32.2 Å². The van der Waals surface area contributed by atoms with Gasteiger partial charge in [-0.3, -0.25) is 4.79 Å². The molecule has 0 spiro atoms. The fraction of sp³-hybridized carbons (Fsp3) is 0.190. The van der Waals surface area contributed by atoms with Crippen molar-refractivity contribution in [3.63, 3.8) is 0 Å². The standard InChI is InChI=1S/C21H17ClF3N3O4/c1-13-18(19(22)28(27-13)11-14-5-3-2-4-6-14)20(30)31-12-17(29)26-15-7-9-16(10-8-15)32-21(23,24)25/h2-10H,11-12H2,1H3,(H,26,29). The van der Waals surface area contributed by atoms with Crippen LogP contribution in [0, 0.1) is 6.92 Å². The summed E-state index contributed by atoms with van der Waals surface area (Å²) in [5, 5.41) is 6.73. The minimum Gasteiger partial charge on any atom is -0.452 e. The maximum absolute atomic E-state index is 12.4. The third kappa shape index (κ3) is 6.24. The van der Waals surface area contributed by atoms with Crippen LogP contribution in [0.4, 0.5) is 18.9 Å². The summed E-state index contributed by atoms with van der Waals surface area (Å²) in [7, 11) is 0. The van der Waals surface area contributed by atoms with Gasteiger partial charge < -0.3 is 14.8 Å². The predicted octanol–water partition coefficient (Wildman–Crippen LogP) is 4.59. The van der Waals surface area contributed by atoms with Crippen molar-refractivity contribution in [2.75, 3.05) is 11.9 Å². The quantitative estimate of drug-likeness (QED) is 0.514. The maximum atomic E-state index is 12.4. The number of hydrogen-bond donors (Lipinski definition) is 1. The summed E-state index contributed by atoms with van der Waals surface area (Å²) >= 11 is 6.29. The molecule has 2 aromatic carbocycles. The lowest BCUT2D eigenvalue weighted by Gasteiger charge is -2.10. The molecule has 0 radical (unpaired) electrons. The lowest BCUT2D eigenvalue weighted by atomic mass is 10.2. The predicted molar refractivity (Wildman–Crippen MR) is 110 cm³/mol. The van der Waals surface area contributed by atoms with Crippen LogP contribution in [-0.4, -0.2) is 34.6 Å². The van der Waals surface area contributed by atoms with Gasteiger partial charge in [-0.25, -0.2) is 9.48 Å². The number of alkyl halides is 3. The van der Waals surface area contributed by atoms with Crippen molar-refractivity contribution in [3.8, 4) is 5.75 Å². The number of amides is 1. The Balaban J connectivity index is 1.57. The van der Waals surface area contributed by atoms with E-state index in [0.29, 0.717) is 12.2 Å². The summed E-state index contributed by atoms with van der Waals surface area (Å²) < 4.78 is 46.8. The number of halogens is 4. The average molecular weight is 468 g/mol. The number of nitrogens with zero attached hydrogens (tertiary/aromatic N) is 2. The normalized spacial score (nSPS) is 11.2. The van der Waals surface area contributed by atoms with Crippen molar-refractivity contribution in [1.29, 1.82) is 0 Å². The summed E-state index contributed by atoms with van der Waals surface area (Å²) in [6.07, 6.45) is -4.81. The molecule has 0 unspecified atom stereocenters. The first kappa shape index (κ1) is 23.1. The summed E-state index contributed by atoms with van der Waals surface area (Å²) in [4.78, 5) is 24.4. The van der Waals surface area contributed by atoms with Crippen LogP contribution in [0.25, 0.3) is 0 Å². The van der Waals surface area contributed by atoms with Crippen LogP contribution < -0.4 is 10.1 Å². The maximum Gasteiger partial charge on any atom is 0.573 e. The zero-order valence-electron chi connectivity index (χ0n) is 16.6. The van der Waals surface area contributed by atoms with Crippen molar-refractivity contribution in [2.45, 2.75) is 19.8 Å². The number of aryl methyl sites for hydroxylation is 1. The van der Waals surface area contributed by atoms with Gasteiger partial charge in [-0.05, 0) is 36.8 Å². The highest BCUT2D eigenvalue weighted by Gasteiger charge is 2.31. The highest BCUT2D eigenvalue weighted by molar-refractivity contribution is 6.32. The van der Waals surface area contributed by atoms with Gasteiger partial charge in [0.15, 0.2) is 6.61 Å². The molecule has 0 fully saturated rings. The van der Waals surface area contributed by atoms with Gasteiger partial charge in [0, 0.05) is 5.69 Å². The molecule has 32 heavy (non-hydrogen) atoms. The second-order valence-electron chi connectivity index (χ2n) is 6.59. The fourth-order valence-corrected chi connectivity index (χ4v) is 3.10. The van der Waals surface area contributed by atoms with Gasteiger partial charge in [-0.15, -0.1) is 13.2 Å².